The first-order chi connectivity index (χ1) is 10.6. The van der Waals surface area contributed by atoms with E-state index in [0.717, 1.165) is 51.2 Å². The first kappa shape index (κ1) is 15.4. The van der Waals surface area contributed by atoms with E-state index in [2.05, 4.69) is 0 Å². The van der Waals surface area contributed by atoms with Crippen LogP contribution in [0, 0.1) is 11.3 Å². The molecule has 1 unspecified atom stereocenters. The van der Waals surface area contributed by atoms with Gasteiger partial charge in [0.2, 0.25) is 10.0 Å². The average Bonchev–Trinajstić information content (AvgIpc) is 3.39. The van der Waals surface area contributed by atoms with Gasteiger partial charge in [0.25, 0.3) is 0 Å². The van der Waals surface area contributed by atoms with E-state index in [9.17, 15) is 8.42 Å². The number of hydrogen-bond donors (Lipinski definition) is 0. The summed E-state index contributed by atoms with van der Waals surface area (Å²) in [6.07, 6.45) is 7.48. The lowest BCUT2D eigenvalue weighted by Crippen LogP contribution is -2.44. The number of sulfonamides is 1. The van der Waals surface area contributed by atoms with Crippen LogP contribution >= 0.6 is 0 Å². The van der Waals surface area contributed by atoms with Crippen LogP contribution < -0.4 is 0 Å². The van der Waals surface area contributed by atoms with E-state index < -0.39 is 10.0 Å². The third-order valence-electron chi connectivity index (χ3n) is 5.73. The molecule has 4 aliphatic rings. The molecule has 2 aliphatic carbocycles. The Hall–Kier alpha value is -0.170. The van der Waals surface area contributed by atoms with Gasteiger partial charge >= 0.3 is 0 Å². The van der Waals surface area contributed by atoms with E-state index in [1.807, 2.05) is 0 Å². The fourth-order valence-electron chi connectivity index (χ4n) is 3.79. The molecule has 0 amide bonds. The van der Waals surface area contributed by atoms with Crippen LogP contribution in [0.15, 0.2) is 0 Å². The molecule has 2 saturated heterocycles. The zero-order chi connectivity index (χ0) is 15.2. The van der Waals surface area contributed by atoms with Crippen molar-refractivity contribution in [3.05, 3.63) is 0 Å². The van der Waals surface area contributed by atoms with Crippen LogP contribution in [0.3, 0.4) is 0 Å². The third-order valence-corrected chi connectivity index (χ3v) is 8.13. The van der Waals surface area contributed by atoms with E-state index >= 15 is 0 Å². The van der Waals surface area contributed by atoms with Crippen molar-refractivity contribution in [1.29, 1.82) is 0 Å². The van der Waals surface area contributed by atoms with Gasteiger partial charge in [-0.05, 0) is 56.3 Å². The van der Waals surface area contributed by atoms with Gasteiger partial charge in [0.15, 0.2) is 0 Å². The zero-order valence-corrected chi connectivity index (χ0v) is 14.0. The maximum absolute atomic E-state index is 12.3. The monoisotopic (exact) mass is 329 g/mol. The van der Waals surface area contributed by atoms with Crippen molar-refractivity contribution < 1.29 is 17.9 Å². The summed E-state index contributed by atoms with van der Waals surface area (Å²) in [5.41, 5.74) is 0.198. The van der Waals surface area contributed by atoms with Gasteiger partial charge in [0.05, 0.1) is 24.6 Å². The molecule has 126 valence electrons. The highest BCUT2D eigenvalue weighted by atomic mass is 32.2. The van der Waals surface area contributed by atoms with Gasteiger partial charge < -0.3 is 9.47 Å². The van der Waals surface area contributed by atoms with Crippen molar-refractivity contribution in [2.45, 2.75) is 56.3 Å². The van der Waals surface area contributed by atoms with Gasteiger partial charge in [-0.15, -0.1) is 0 Å². The quantitative estimate of drug-likeness (QED) is 0.745. The number of hydrogen-bond acceptors (Lipinski definition) is 4. The molecular formula is C16H27NO4S. The molecule has 22 heavy (non-hydrogen) atoms. The topological polar surface area (TPSA) is 55.8 Å². The normalized spacial score (nSPS) is 32.6. The summed E-state index contributed by atoms with van der Waals surface area (Å²) in [6, 6.07) is 0. The molecule has 4 fully saturated rings. The maximum Gasteiger partial charge on any atom is 0.216 e. The minimum Gasteiger partial charge on any atom is -0.378 e. The van der Waals surface area contributed by atoms with Gasteiger partial charge in [0.1, 0.15) is 0 Å². The summed E-state index contributed by atoms with van der Waals surface area (Å²) in [6.45, 7) is 3.74. The highest BCUT2D eigenvalue weighted by Gasteiger charge is 2.47. The van der Waals surface area contributed by atoms with Crippen molar-refractivity contribution in [2.24, 2.45) is 11.3 Å². The molecule has 5 nitrogen and oxygen atoms in total. The second-order valence-corrected chi connectivity index (χ2v) is 9.97. The Morgan fingerprint density at radius 2 is 1.82 bits per heavy atom. The Balaban J connectivity index is 1.25. The molecule has 6 heteroatoms. The number of rotatable bonds is 6. The maximum atomic E-state index is 12.3. The van der Waals surface area contributed by atoms with Crippen molar-refractivity contribution in [2.75, 3.05) is 32.9 Å². The SMILES string of the molecule is O=S(=O)(C1CC1)N1CCC2(CC1)COC(COCC1CC1)C2. The van der Waals surface area contributed by atoms with Crippen LogP contribution in [-0.2, 0) is 19.5 Å². The third kappa shape index (κ3) is 3.21. The highest BCUT2D eigenvalue weighted by Crippen LogP contribution is 2.44. The molecule has 0 aromatic heterocycles. The highest BCUT2D eigenvalue weighted by molar-refractivity contribution is 7.90. The van der Waals surface area contributed by atoms with Crippen molar-refractivity contribution in [3.63, 3.8) is 0 Å². The minimum absolute atomic E-state index is 0.0787. The first-order valence-electron chi connectivity index (χ1n) is 8.76. The zero-order valence-electron chi connectivity index (χ0n) is 13.2. The Labute approximate surface area is 133 Å². The van der Waals surface area contributed by atoms with E-state index in [1.54, 1.807) is 4.31 Å². The molecule has 0 bridgehead atoms. The average molecular weight is 329 g/mol. The Bertz CT molecular complexity index is 504. The van der Waals surface area contributed by atoms with Crippen LogP contribution in [0.5, 0.6) is 0 Å². The van der Waals surface area contributed by atoms with Gasteiger partial charge in [-0.25, -0.2) is 12.7 Å². The standard InChI is InChI=1S/C16H27NO4S/c18-22(19,15-3-4-15)17-7-5-16(6-8-17)9-14(21-12-16)11-20-10-13-1-2-13/h13-15H,1-12H2. The minimum atomic E-state index is -3.00. The van der Waals surface area contributed by atoms with E-state index in [0.29, 0.717) is 19.7 Å². The Morgan fingerprint density at radius 3 is 2.45 bits per heavy atom. The van der Waals surface area contributed by atoms with E-state index in [-0.39, 0.29) is 16.8 Å². The van der Waals surface area contributed by atoms with Crippen LogP contribution in [0.25, 0.3) is 0 Å². The molecule has 1 spiro atoms. The number of ether oxygens (including phenoxy) is 2. The largest absolute Gasteiger partial charge is 0.378 e. The van der Waals surface area contributed by atoms with Crippen molar-refractivity contribution >= 4 is 10.0 Å². The Kier molecular flexibility index (Phi) is 4.00. The Morgan fingerprint density at radius 1 is 1.09 bits per heavy atom. The molecule has 2 saturated carbocycles. The predicted molar refractivity (Wildman–Crippen MR) is 83.1 cm³/mol. The summed E-state index contributed by atoms with van der Waals surface area (Å²) in [5.74, 6) is 0.797. The second kappa shape index (κ2) is 5.72. The molecule has 1 atom stereocenters. The van der Waals surface area contributed by atoms with Crippen LogP contribution in [0.1, 0.15) is 44.9 Å². The molecule has 2 heterocycles. The van der Waals surface area contributed by atoms with E-state index in [4.69, 9.17) is 9.47 Å². The first-order valence-corrected chi connectivity index (χ1v) is 10.3. The van der Waals surface area contributed by atoms with Crippen LogP contribution in [0.2, 0.25) is 0 Å². The number of piperidine rings is 1. The molecule has 2 aliphatic heterocycles. The van der Waals surface area contributed by atoms with Crippen molar-refractivity contribution in [1.82, 2.24) is 4.31 Å². The molecule has 4 rings (SSSR count). The van der Waals surface area contributed by atoms with Gasteiger partial charge in [-0.2, -0.15) is 0 Å². The molecule has 0 N–H and O–H groups in total. The second-order valence-electron chi connectivity index (χ2n) is 7.76. The van der Waals surface area contributed by atoms with E-state index in [1.165, 1.54) is 12.8 Å². The number of nitrogens with zero attached hydrogens (tertiary/aromatic N) is 1. The smallest absolute Gasteiger partial charge is 0.216 e. The summed E-state index contributed by atoms with van der Waals surface area (Å²) in [7, 11) is -3.00. The van der Waals surface area contributed by atoms with Crippen molar-refractivity contribution in [3.8, 4) is 0 Å². The predicted octanol–water partition coefficient (Wildman–Crippen LogP) is 1.78. The summed E-state index contributed by atoms with van der Waals surface area (Å²) >= 11 is 0. The van der Waals surface area contributed by atoms with Crippen LogP contribution in [0.4, 0.5) is 0 Å². The van der Waals surface area contributed by atoms with Gasteiger partial charge in [-0.3, -0.25) is 0 Å². The fraction of sp³-hybridized carbons (Fsp3) is 1.00. The lowest BCUT2D eigenvalue weighted by atomic mass is 9.77. The fourth-order valence-corrected chi connectivity index (χ4v) is 5.64. The molecular weight excluding hydrogens is 302 g/mol. The lowest BCUT2D eigenvalue weighted by Gasteiger charge is -2.37. The molecule has 0 aromatic carbocycles. The molecule has 0 radical (unpaired) electrons. The van der Waals surface area contributed by atoms with Gasteiger partial charge in [0, 0.05) is 19.7 Å². The summed E-state index contributed by atoms with van der Waals surface area (Å²) in [4.78, 5) is 0. The van der Waals surface area contributed by atoms with Crippen LogP contribution in [-0.4, -0.2) is 57.0 Å². The summed E-state index contributed by atoms with van der Waals surface area (Å²) in [5, 5.41) is -0.0787. The summed E-state index contributed by atoms with van der Waals surface area (Å²) < 4.78 is 38.0. The lowest BCUT2D eigenvalue weighted by molar-refractivity contribution is 0.0103. The molecule has 0 aromatic rings. The van der Waals surface area contributed by atoms with Gasteiger partial charge in [-0.1, -0.05) is 0 Å².